The van der Waals surface area contributed by atoms with Gasteiger partial charge in [-0.3, -0.25) is 4.89 Å². The first-order valence-electron chi connectivity index (χ1n) is 11.1. The first-order valence-corrected chi connectivity index (χ1v) is 11.1. The molecule has 1 amide bonds. The van der Waals surface area contributed by atoms with E-state index in [4.69, 9.17) is 19.2 Å². The van der Waals surface area contributed by atoms with Gasteiger partial charge in [-0.2, -0.15) is 4.89 Å². The second kappa shape index (κ2) is 9.59. The predicted molar refractivity (Wildman–Crippen MR) is 120 cm³/mol. The largest absolute Gasteiger partial charge is 0.491 e. The Morgan fingerprint density at radius 3 is 2.47 bits per heavy atom. The summed E-state index contributed by atoms with van der Waals surface area (Å²) in [7, 11) is 0. The molecule has 166 valence electrons. The van der Waals surface area contributed by atoms with E-state index in [2.05, 4.69) is 24.3 Å². The van der Waals surface area contributed by atoms with Gasteiger partial charge in [-0.25, -0.2) is 4.79 Å². The lowest BCUT2D eigenvalue weighted by Gasteiger charge is -2.31. The highest BCUT2D eigenvalue weighted by molar-refractivity contribution is 5.82. The molecule has 6 nitrogen and oxygen atoms in total. The maximum atomic E-state index is 12.4. The van der Waals surface area contributed by atoms with Gasteiger partial charge in [0.2, 0.25) is 0 Å². The van der Waals surface area contributed by atoms with Crippen LogP contribution in [0.1, 0.15) is 29.9 Å². The summed E-state index contributed by atoms with van der Waals surface area (Å²) in [4.78, 5) is 24.4. The number of rotatable bonds is 7. The molecule has 5 rings (SSSR count). The van der Waals surface area contributed by atoms with E-state index in [1.54, 1.807) is 4.90 Å². The van der Waals surface area contributed by atoms with Crippen LogP contribution in [-0.2, 0) is 21.1 Å². The third kappa shape index (κ3) is 5.21. The maximum Gasteiger partial charge on any atom is 0.441 e. The number of likely N-dealkylation sites (tertiary alicyclic amines) is 1. The molecule has 2 aliphatic heterocycles. The van der Waals surface area contributed by atoms with Gasteiger partial charge in [0, 0.05) is 13.1 Å². The van der Waals surface area contributed by atoms with Crippen molar-refractivity contribution in [3.8, 4) is 5.75 Å². The third-order valence-corrected chi connectivity index (χ3v) is 6.11. The van der Waals surface area contributed by atoms with Crippen molar-refractivity contribution in [3.05, 3.63) is 77.9 Å². The summed E-state index contributed by atoms with van der Waals surface area (Å²) >= 11 is 0. The topological polar surface area (TPSA) is 60.5 Å². The molecule has 1 unspecified atom stereocenters. The summed E-state index contributed by atoms with van der Waals surface area (Å²) in [5.41, 5.74) is 2.24. The van der Waals surface area contributed by atoms with Crippen molar-refractivity contribution < 1.29 is 24.0 Å². The second-order valence-corrected chi connectivity index (χ2v) is 8.39. The normalized spacial score (nSPS) is 18.5. The van der Waals surface area contributed by atoms with E-state index in [9.17, 15) is 4.79 Å². The van der Waals surface area contributed by atoms with Crippen LogP contribution >= 0.6 is 0 Å². The first kappa shape index (κ1) is 20.8. The highest BCUT2D eigenvalue weighted by Gasteiger charge is 2.26. The van der Waals surface area contributed by atoms with E-state index < -0.39 is 6.09 Å². The van der Waals surface area contributed by atoms with Gasteiger partial charge in [0.15, 0.2) is 0 Å². The Hall–Kier alpha value is -3.09. The number of hydrogen-bond acceptors (Lipinski definition) is 5. The molecule has 6 heteroatoms. The monoisotopic (exact) mass is 433 g/mol. The van der Waals surface area contributed by atoms with Crippen molar-refractivity contribution in [2.45, 2.75) is 31.5 Å². The van der Waals surface area contributed by atoms with Crippen molar-refractivity contribution in [2.24, 2.45) is 0 Å². The molecule has 0 radical (unpaired) electrons. The quantitative estimate of drug-likeness (QED) is 0.296. The summed E-state index contributed by atoms with van der Waals surface area (Å²) in [6, 6.07) is 22.5. The van der Waals surface area contributed by atoms with Gasteiger partial charge in [0.05, 0.1) is 6.61 Å². The molecule has 2 aliphatic rings. The van der Waals surface area contributed by atoms with Crippen LogP contribution in [0.4, 0.5) is 4.79 Å². The van der Waals surface area contributed by atoms with Gasteiger partial charge in [0.25, 0.3) is 0 Å². The van der Waals surface area contributed by atoms with Crippen molar-refractivity contribution in [2.75, 3.05) is 26.3 Å². The van der Waals surface area contributed by atoms with Gasteiger partial charge >= 0.3 is 6.09 Å². The molecule has 0 spiro atoms. The minimum absolute atomic E-state index is 0.230. The SMILES string of the molecule is O=C(OOCc1ccc2ccccc2c1)N1CCC(c2ccc(OCC3CO3)cc2)CC1. The van der Waals surface area contributed by atoms with Crippen molar-refractivity contribution in [3.63, 3.8) is 0 Å². The molecule has 0 bridgehead atoms. The molecule has 32 heavy (non-hydrogen) atoms. The zero-order valence-corrected chi connectivity index (χ0v) is 17.9. The Bertz CT molecular complexity index is 1060. The van der Waals surface area contributed by atoms with Crippen LogP contribution in [0.25, 0.3) is 10.8 Å². The number of epoxide rings is 1. The van der Waals surface area contributed by atoms with Crippen LogP contribution in [-0.4, -0.2) is 43.4 Å². The van der Waals surface area contributed by atoms with E-state index in [-0.39, 0.29) is 12.7 Å². The van der Waals surface area contributed by atoms with E-state index in [0.29, 0.717) is 25.6 Å². The lowest BCUT2D eigenvalue weighted by molar-refractivity contribution is -0.256. The molecule has 1 atom stereocenters. The minimum Gasteiger partial charge on any atom is -0.491 e. The van der Waals surface area contributed by atoms with Crippen LogP contribution < -0.4 is 4.74 Å². The Morgan fingerprint density at radius 2 is 1.72 bits per heavy atom. The number of carbonyl (C=O) groups is 1. The van der Waals surface area contributed by atoms with Crippen molar-refractivity contribution in [1.29, 1.82) is 0 Å². The Kier molecular flexibility index (Phi) is 6.23. The van der Waals surface area contributed by atoms with Gasteiger partial charge < -0.3 is 14.4 Å². The average Bonchev–Trinajstić information content (AvgIpc) is 3.68. The fraction of sp³-hybridized carbons (Fsp3) is 0.346. The molecule has 0 aliphatic carbocycles. The van der Waals surface area contributed by atoms with Gasteiger partial charge in [-0.05, 0) is 58.9 Å². The number of benzene rings is 3. The standard InChI is InChI=1S/C26H27NO5/c28-26(32-31-16-19-5-6-20-3-1-2-4-23(20)15-19)27-13-11-22(12-14-27)21-7-9-24(10-8-21)29-17-25-18-30-25/h1-10,15,22,25H,11-14,16-18H2. The molecule has 2 fully saturated rings. The Balaban J connectivity index is 1.05. The fourth-order valence-corrected chi connectivity index (χ4v) is 4.11. The second-order valence-electron chi connectivity index (χ2n) is 8.39. The summed E-state index contributed by atoms with van der Waals surface area (Å²) < 4.78 is 10.9. The van der Waals surface area contributed by atoms with Crippen molar-refractivity contribution >= 4 is 16.9 Å². The molecule has 0 saturated carbocycles. The third-order valence-electron chi connectivity index (χ3n) is 6.11. The number of piperidine rings is 1. The highest BCUT2D eigenvalue weighted by Crippen LogP contribution is 2.29. The maximum absolute atomic E-state index is 12.4. The molecule has 2 heterocycles. The molecule has 3 aromatic rings. The van der Waals surface area contributed by atoms with Gasteiger partial charge in [-0.15, -0.1) is 0 Å². The zero-order chi connectivity index (χ0) is 21.8. The van der Waals surface area contributed by atoms with Crippen LogP contribution in [0.5, 0.6) is 5.75 Å². The van der Waals surface area contributed by atoms with Crippen LogP contribution in [0.2, 0.25) is 0 Å². The number of carbonyl (C=O) groups excluding carboxylic acids is 1. The summed E-state index contributed by atoms with van der Waals surface area (Å²) in [5.74, 6) is 1.30. The van der Waals surface area contributed by atoms with E-state index in [1.165, 1.54) is 10.9 Å². The number of fused-ring (bicyclic) bond motifs is 1. The number of nitrogens with zero attached hydrogens (tertiary/aromatic N) is 1. The Morgan fingerprint density at radius 1 is 0.969 bits per heavy atom. The van der Waals surface area contributed by atoms with Crippen LogP contribution in [0.3, 0.4) is 0 Å². The lowest BCUT2D eigenvalue weighted by Crippen LogP contribution is -2.38. The first-order chi connectivity index (χ1) is 15.7. The van der Waals surface area contributed by atoms with Crippen molar-refractivity contribution in [1.82, 2.24) is 4.90 Å². The van der Waals surface area contributed by atoms with E-state index in [1.807, 2.05) is 42.5 Å². The van der Waals surface area contributed by atoms with E-state index in [0.717, 1.165) is 36.1 Å². The molecular weight excluding hydrogens is 406 g/mol. The zero-order valence-electron chi connectivity index (χ0n) is 17.9. The molecular formula is C26H27NO5. The fourth-order valence-electron chi connectivity index (χ4n) is 4.11. The smallest absolute Gasteiger partial charge is 0.441 e. The predicted octanol–water partition coefficient (Wildman–Crippen LogP) is 5.07. The number of amides is 1. The summed E-state index contributed by atoms with van der Waals surface area (Å²) in [5, 5.41) is 2.31. The van der Waals surface area contributed by atoms with Gasteiger partial charge in [0.1, 0.15) is 25.1 Å². The van der Waals surface area contributed by atoms with Gasteiger partial charge in [-0.1, -0.05) is 48.5 Å². The molecule has 2 saturated heterocycles. The molecule has 0 aromatic heterocycles. The minimum atomic E-state index is -0.421. The number of ether oxygens (including phenoxy) is 2. The summed E-state index contributed by atoms with van der Waals surface area (Å²) in [6.07, 6.45) is 1.64. The lowest BCUT2D eigenvalue weighted by atomic mass is 9.89. The number of hydrogen-bond donors (Lipinski definition) is 0. The average molecular weight is 434 g/mol. The van der Waals surface area contributed by atoms with E-state index >= 15 is 0 Å². The Labute approximate surface area is 187 Å². The highest BCUT2D eigenvalue weighted by atomic mass is 17.2. The van der Waals surface area contributed by atoms with Crippen LogP contribution in [0.15, 0.2) is 66.7 Å². The van der Waals surface area contributed by atoms with Crippen LogP contribution in [0, 0.1) is 0 Å². The molecule has 3 aromatic carbocycles. The molecule has 0 N–H and O–H groups in total. The summed E-state index contributed by atoms with van der Waals surface area (Å²) in [6.45, 7) is 2.95.